The van der Waals surface area contributed by atoms with Gasteiger partial charge in [-0.3, -0.25) is 14.5 Å². The number of amides is 2. The number of hydrogen-bond donors (Lipinski definition) is 3. The molecule has 0 unspecified atom stereocenters. The topological polar surface area (TPSA) is 98.9 Å². The van der Waals surface area contributed by atoms with Crippen molar-refractivity contribution in [1.29, 1.82) is 0 Å². The molecule has 0 bridgehead atoms. The quantitative estimate of drug-likeness (QED) is 0.492. The first-order valence-corrected chi connectivity index (χ1v) is 12.7. The van der Waals surface area contributed by atoms with Gasteiger partial charge in [-0.25, -0.2) is 0 Å². The van der Waals surface area contributed by atoms with Crippen molar-refractivity contribution < 1.29 is 14.7 Å². The van der Waals surface area contributed by atoms with E-state index in [-0.39, 0.29) is 35.2 Å². The lowest BCUT2D eigenvalue weighted by Crippen LogP contribution is -2.64. The minimum absolute atomic E-state index is 0.00300. The highest BCUT2D eigenvalue weighted by molar-refractivity contribution is 6.33. The Morgan fingerprint density at radius 2 is 1.94 bits per heavy atom. The standard InChI is InChI=1S/C26H41ClN4O3/c1-25(2,3)15-29-24(34)18(17-10-11-17)12-22(32)20(28)13-30-14-23(33)31(16-26(30,4)5)21-9-7-6-8-19(21)27/h6-9,17-18,20,22,32H,10-16,28H2,1-5H3,(H,29,34)/t18-,20-,22-/m0/s1. The maximum Gasteiger partial charge on any atom is 0.241 e. The van der Waals surface area contributed by atoms with Crippen molar-refractivity contribution in [2.45, 2.75) is 71.6 Å². The zero-order valence-electron chi connectivity index (χ0n) is 21.2. The number of aliphatic hydroxyl groups excluding tert-OH is 1. The summed E-state index contributed by atoms with van der Waals surface area (Å²) in [6.07, 6.45) is 1.55. The van der Waals surface area contributed by atoms with Crippen LogP contribution in [-0.2, 0) is 9.59 Å². The largest absolute Gasteiger partial charge is 0.391 e. The molecule has 1 saturated carbocycles. The van der Waals surface area contributed by atoms with Crippen molar-refractivity contribution in [3.05, 3.63) is 29.3 Å². The molecule has 8 heteroatoms. The number of para-hydroxylation sites is 1. The van der Waals surface area contributed by atoms with E-state index < -0.39 is 12.1 Å². The van der Waals surface area contributed by atoms with Crippen LogP contribution in [-0.4, -0.2) is 65.7 Å². The summed E-state index contributed by atoms with van der Waals surface area (Å²) < 4.78 is 0. The van der Waals surface area contributed by atoms with Gasteiger partial charge in [-0.05, 0) is 56.6 Å². The van der Waals surface area contributed by atoms with Crippen LogP contribution >= 0.6 is 11.6 Å². The van der Waals surface area contributed by atoms with Gasteiger partial charge in [-0.15, -0.1) is 0 Å². The zero-order valence-corrected chi connectivity index (χ0v) is 21.9. The molecule has 1 aliphatic carbocycles. The highest BCUT2D eigenvalue weighted by Gasteiger charge is 2.42. The second-order valence-electron chi connectivity index (χ2n) is 11.8. The van der Waals surface area contributed by atoms with Crippen molar-refractivity contribution in [3.63, 3.8) is 0 Å². The minimum Gasteiger partial charge on any atom is -0.391 e. The summed E-state index contributed by atoms with van der Waals surface area (Å²) in [5.74, 6) is 0.0492. The summed E-state index contributed by atoms with van der Waals surface area (Å²) in [4.78, 5) is 29.6. The third-order valence-electron chi connectivity index (χ3n) is 6.91. The Balaban J connectivity index is 1.60. The monoisotopic (exact) mass is 492 g/mol. The first kappa shape index (κ1) is 26.9. The number of aliphatic hydroxyl groups is 1. The molecule has 1 aromatic carbocycles. The lowest BCUT2D eigenvalue weighted by Gasteiger charge is -2.47. The molecule has 1 aromatic rings. The molecule has 0 spiro atoms. The van der Waals surface area contributed by atoms with E-state index in [1.54, 1.807) is 11.0 Å². The fourth-order valence-electron chi connectivity index (χ4n) is 4.55. The van der Waals surface area contributed by atoms with Gasteiger partial charge in [0.25, 0.3) is 0 Å². The van der Waals surface area contributed by atoms with E-state index in [0.29, 0.717) is 42.7 Å². The Bertz CT molecular complexity index is 881. The summed E-state index contributed by atoms with van der Waals surface area (Å²) in [5.41, 5.74) is 6.78. The first-order valence-electron chi connectivity index (χ1n) is 12.3. The number of rotatable bonds is 9. The summed E-state index contributed by atoms with van der Waals surface area (Å²) >= 11 is 6.34. The molecular formula is C26H41ClN4O3. The van der Waals surface area contributed by atoms with Crippen molar-refractivity contribution in [3.8, 4) is 0 Å². The Labute approximate surface area is 209 Å². The maximum absolute atomic E-state index is 13.0. The average Bonchev–Trinajstić information content (AvgIpc) is 3.57. The van der Waals surface area contributed by atoms with Crippen LogP contribution in [0.4, 0.5) is 5.69 Å². The SMILES string of the molecule is CC(C)(C)CNC(=O)[C@@H](C[C@H](O)[C@@H](N)CN1CC(=O)N(c2ccccc2Cl)CC1(C)C)C1CC1. The Kier molecular flexibility index (Phi) is 8.33. The Morgan fingerprint density at radius 3 is 2.53 bits per heavy atom. The molecule has 1 aliphatic heterocycles. The molecule has 0 radical (unpaired) electrons. The van der Waals surface area contributed by atoms with Crippen molar-refractivity contribution in [2.24, 2.45) is 23.0 Å². The fourth-order valence-corrected chi connectivity index (χ4v) is 4.78. The molecule has 0 aromatic heterocycles. The minimum atomic E-state index is -0.821. The Morgan fingerprint density at radius 1 is 1.29 bits per heavy atom. The summed E-state index contributed by atoms with van der Waals surface area (Å²) in [7, 11) is 0. The van der Waals surface area contributed by atoms with E-state index in [4.69, 9.17) is 17.3 Å². The van der Waals surface area contributed by atoms with Crippen LogP contribution in [0.3, 0.4) is 0 Å². The molecule has 1 heterocycles. The number of hydrogen-bond acceptors (Lipinski definition) is 5. The van der Waals surface area contributed by atoms with Gasteiger partial charge in [0.2, 0.25) is 11.8 Å². The van der Waals surface area contributed by atoms with E-state index in [0.717, 1.165) is 12.8 Å². The van der Waals surface area contributed by atoms with Crippen molar-refractivity contribution in [1.82, 2.24) is 10.2 Å². The Hall–Kier alpha value is -1.67. The van der Waals surface area contributed by atoms with Gasteiger partial charge in [-0.1, -0.05) is 44.5 Å². The van der Waals surface area contributed by atoms with Crippen molar-refractivity contribution in [2.75, 3.05) is 31.1 Å². The number of anilines is 1. The van der Waals surface area contributed by atoms with Crippen LogP contribution in [0.5, 0.6) is 0 Å². The lowest BCUT2D eigenvalue weighted by atomic mass is 9.90. The first-order chi connectivity index (χ1) is 15.8. The number of halogens is 1. The van der Waals surface area contributed by atoms with Crippen LogP contribution in [0.25, 0.3) is 0 Å². The molecule has 34 heavy (non-hydrogen) atoms. The van der Waals surface area contributed by atoms with E-state index in [9.17, 15) is 14.7 Å². The van der Waals surface area contributed by atoms with Crippen LogP contribution in [0.15, 0.2) is 24.3 Å². The summed E-state index contributed by atoms with van der Waals surface area (Å²) in [5, 5.41) is 14.5. The number of nitrogens with two attached hydrogens (primary N) is 1. The average molecular weight is 493 g/mol. The van der Waals surface area contributed by atoms with E-state index in [1.807, 2.05) is 23.1 Å². The van der Waals surface area contributed by atoms with E-state index >= 15 is 0 Å². The predicted molar refractivity (Wildman–Crippen MR) is 137 cm³/mol. The molecule has 3 rings (SSSR count). The van der Waals surface area contributed by atoms with Gasteiger partial charge in [0.1, 0.15) is 0 Å². The number of nitrogens with one attached hydrogen (secondary N) is 1. The third-order valence-corrected chi connectivity index (χ3v) is 7.23. The summed E-state index contributed by atoms with van der Waals surface area (Å²) in [6, 6.07) is 6.79. The normalized spacial score (nSPS) is 21.8. The molecule has 2 aliphatic rings. The van der Waals surface area contributed by atoms with Gasteiger partial charge in [0, 0.05) is 37.1 Å². The second kappa shape index (κ2) is 10.5. The molecule has 190 valence electrons. The maximum atomic E-state index is 13.0. The molecule has 2 fully saturated rings. The molecule has 2 amide bonds. The number of benzene rings is 1. The molecule has 3 atom stereocenters. The van der Waals surface area contributed by atoms with Gasteiger partial charge in [0.05, 0.1) is 23.4 Å². The van der Waals surface area contributed by atoms with Gasteiger partial charge >= 0.3 is 0 Å². The van der Waals surface area contributed by atoms with Crippen LogP contribution < -0.4 is 16.0 Å². The highest BCUT2D eigenvalue weighted by Crippen LogP contribution is 2.40. The highest BCUT2D eigenvalue weighted by atomic mass is 35.5. The number of carbonyl (C=O) groups is 2. The predicted octanol–water partition coefficient (Wildman–Crippen LogP) is 3.03. The lowest BCUT2D eigenvalue weighted by molar-refractivity contribution is -0.127. The van der Waals surface area contributed by atoms with Gasteiger partial charge in [-0.2, -0.15) is 0 Å². The number of nitrogens with zero attached hydrogens (tertiary/aromatic N) is 2. The molecule has 1 saturated heterocycles. The number of carbonyl (C=O) groups excluding carboxylic acids is 2. The zero-order chi connectivity index (χ0) is 25.3. The van der Waals surface area contributed by atoms with E-state index in [1.165, 1.54) is 0 Å². The smallest absolute Gasteiger partial charge is 0.241 e. The van der Waals surface area contributed by atoms with Gasteiger partial charge < -0.3 is 21.1 Å². The number of piperazine rings is 1. The van der Waals surface area contributed by atoms with Gasteiger partial charge in [0.15, 0.2) is 0 Å². The van der Waals surface area contributed by atoms with E-state index in [2.05, 4.69) is 39.9 Å². The molecule has 4 N–H and O–H groups in total. The molecular weight excluding hydrogens is 452 g/mol. The van der Waals surface area contributed by atoms with Crippen LogP contribution in [0.1, 0.15) is 53.9 Å². The second-order valence-corrected chi connectivity index (χ2v) is 12.2. The van der Waals surface area contributed by atoms with Crippen molar-refractivity contribution >= 4 is 29.1 Å². The third kappa shape index (κ3) is 6.94. The summed E-state index contributed by atoms with van der Waals surface area (Å²) in [6.45, 7) is 12.0. The van der Waals surface area contributed by atoms with Crippen LogP contribution in [0, 0.1) is 17.3 Å². The van der Waals surface area contributed by atoms with Crippen LogP contribution in [0.2, 0.25) is 5.02 Å². The fraction of sp³-hybridized carbons (Fsp3) is 0.692. The molecule has 7 nitrogen and oxygen atoms in total.